The Labute approximate surface area is 143 Å². The minimum Gasteiger partial charge on any atom is -0.353 e. The summed E-state index contributed by atoms with van der Waals surface area (Å²) in [6.45, 7) is 5.26. The van der Waals surface area contributed by atoms with Crippen LogP contribution in [0.3, 0.4) is 0 Å². The molecule has 2 rings (SSSR count). The molecular formula is C16H29N5OS. The van der Waals surface area contributed by atoms with Crippen molar-refractivity contribution >= 4 is 17.7 Å². The lowest BCUT2D eigenvalue weighted by molar-refractivity contribution is -0.118. The second-order valence-electron chi connectivity index (χ2n) is 6.36. The van der Waals surface area contributed by atoms with Crippen LogP contribution in [-0.2, 0) is 11.3 Å². The van der Waals surface area contributed by atoms with Gasteiger partial charge in [-0.3, -0.25) is 9.69 Å². The number of aromatic nitrogens is 3. The maximum Gasteiger partial charge on any atom is 0.230 e. The Balaban J connectivity index is 2.07. The van der Waals surface area contributed by atoms with Gasteiger partial charge in [0.1, 0.15) is 0 Å². The summed E-state index contributed by atoms with van der Waals surface area (Å²) in [7, 11) is 4.14. The van der Waals surface area contributed by atoms with Crippen LogP contribution in [-0.4, -0.2) is 51.5 Å². The van der Waals surface area contributed by atoms with Gasteiger partial charge >= 0.3 is 0 Å². The van der Waals surface area contributed by atoms with Gasteiger partial charge in [-0.2, -0.15) is 0 Å². The van der Waals surface area contributed by atoms with Crippen LogP contribution in [0.15, 0.2) is 5.16 Å². The summed E-state index contributed by atoms with van der Waals surface area (Å²) < 4.78 is 2.20. The predicted octanol–water partition coefficient (Wildman–Crippen LogP) is 2.46. The Bertz CT molecular complexity index is 513. The van der Waals surface area contributed by atoms with Gasteiger partial charge in [0.25, 0.3) is 0 Å². The highest BCUT2D eigenvalue weighted by atomic mass is 32.2. The fraction of sp³-hybridized carbons (Fsp3) is 0.812. The smallest absolute Gasteiger partial charge is 0.230 e. The Morgan fingerprint density at radius 1 is 1.39 bits per heavy atom. The van der Waals surface area contributed by atoms with E-state index in [0.29, 0.717) is 11.8 Å². The molecule has 1 aliphatic rings. The minimum absolute atomic E-state index is 0.101. The molecule has 1 heterocycles. The normalized spacial score (nSPS) is 15.9. The fourth-order valence-corrected chi connectivity index (χ4v) is 3.37. The predicted molar refractivity (Wildman–Crippen MR) is 93.5 cm³/mol. The molecular weight excluding hydrogens is 310 g/mol. The van der Waals surface area contributed by atoms with E-state index in [1.165, 1.54) is 11.8 Å². The first-order valence-electron chi connectivity index (χ1n) is 8.58. The summed E-state index contributed by atoms with van der Waals surface area (Å²) in [5.74, 6) is 1.53. The van der Waals surface area contributed by atoms with E-state index in [2.05, 4.69) is 52.9 Å². The topological polar surface area (TPSA) is 63.1 Å². The fourth-order valence-electron chi connectivity index (χ4n) is 2.59. The highest BCUT2D eigenvalue weighted by Gasteiger charge is 2.25. The number of nitrogens with one attached hydrogen (secondary N) is 1. The lowest BCUT2D eigenvalue weighted by atomic mass is 10.2. The van der Waals surface area contributed by atoms with Crippen molar-refractivity contribution in [3.63, 3.8) is 0 Å². The molecule has 6 nitrogen and oxygen atoms in total. The number of rotatable bonds is 10. The van der Waals surface area contributed by atoms with Gasteiger partial charge < -0.3 is 9.88 Å². The van der Waals surface area contributed by atoms with Gasteiger partial charge in [-0.25, -0.2) is 0 Å². The zero-order valence-electron chi connectivity index (χ0n) is 14.7. The quantitative estimate of drug-likeness (QED) is 0.664. The lowest BCUT2D eigenvalue weighted by Gasteiger charge is -2.23. The van der Waals surface area contributed by atoms with Gasteiger partial charge in [0.2, 0.25) is 5.91 Å². The summed E-state index contributed by atoms with van der Waals surface area (Å²) in [4.78, 5) is 14.1. The Hall–Kier alpha value is -1.08. The van der Waals surface area contributed by atoms with Crippen molar-refractivity contribution < 1.29 is 4.79 Å². The highest BCUT2D eigenvalue weighted by Crippen LogP contribution is 2.26. The van der Waals surface area contributed by atoms with Gasteiger partial charge in [0, 0.05) is 12.6 Å². The molecule has 1 atom stereocenters. The average molecular weight is 340 g/mol. The van der Waals surface area contributed by atoms with Gasteiger partial charge in [-0.05, 0) is 39.8 Å². The molecule has 1 saturated carbocycles. The average Bonchev–Trinajstić information content (AvgIpc) is 3.23. The molecule has 23 heavy (non-hydrogen) atoms. The van der Waals surface area contributed by atoms with Crippen LogP contribution in [0, 0.1) is 0 Å². The van der Waals surface area contributed by atoms with E-state index in [-0.39, 0.29) is 11.9 Å². The molecule has 1 unspecified atom stereocenters. The molecule has 0 bridgehead atoms. The van der Waals surface area contributed by atoms with E-state index in [1.54, 1.807) is 0 Å². The number of hydrogen-bond acceptors (Lipinski definition) is 5. The summed E-state index contributed by atoms with van der Waals surface area (Å²) in [6.07, 6.45) is 5.45. The SMILES string of the molecule is CCCCn1c(SCC(=O)NC2CC2)nnc1C(CC)N(C)C. The molecule has 1 aliphatic carbocycles. The van der Waals surface area contributed by atoms with Crippen molar-refractivity contribution in [1.82, 2.24) is 25.0 Å². The summed E-state index contributed by atoms with van der Waals surface area (Å²) in [5, 5.41) is 12.7. The third-order valence-corrected chi connectivity index (χ3v) is 5.03. The zero-order valence-corrected chi connectivity index (χ0v) is 15.5. The first kappa shape index (κ1) is 18.3. The molecule has 1 fully saturated rings. The van der Waals surface area contributed by atoms with Crippen LogP contribution in [0.2, 0.25) is 0 Å². The van der Waals surface area contributed by atoms with Gasteiger partial charge in [0.15, 0.2) is 11.0 Å². The standard InChI is InChI=1S/C16H29N5OS/c1-5-7-10-21-15(13(6-2)20(3)4)18-19-16(21)23-11-14(22)17-12-8-9-12/h12-13H,5-11H2,1-4H3,(H,17,22). The van der Waals surface area contributed by atoms with Crippen LogP contribution in [0.1, 0.15) is 57.8 Å². The van der Waals surface area contributed by atoms with E-state index in [0.717, 1.165) is 49.6 Å². The minimum atomic E-state index is 0.101. The first-order valence-corrected chi connectivity index (χ1v) is 9.57. The first-order chi connectivity index (χ1) is 11.1. The van der Waals surface area contributed by atoms with Crippen molar-refractivity contribution in [1.29, 1.82) is 0 Å². The third kappa shape index (κ3) is 5.21. The van der Waals surface area contributed by atoms with Crippen molar-refractivity contribution in [2.24, 2.45) is 0 Å². The maximum absolute atomic E-state index is 11.9. The second-order valence-corrected chi connectivity index (χ2v) is 7.31. The van der Waals surface area contributed by atoms with Crippen LogP contribution in [0.5, 0.6) is 0 Å². The van der Waals surface area contributed by atoms with Gasteiger partial charge in [-0.1, -0.05) is 32.0 Å². The van der Waals surface area contributed by atoms with Crippen molar-refractivity contribution in [2.45, 2.75) is 69.7 Å². The number of nitrogens with zero attached hydrogens (tertiary/aromatic N) is 4. The number of thioether (sulfide) groups is 1. The largest absolute Gasteiger partial charge is 0.353 e. The van der Waals surface area contributed by atoms with E-state index >= 15 is 0 Å². The lowest BCUT2D eigenvalue weighted by Crippen LogP contribution is -2.27. The highest BCUT2D eigenvalue weighted by molar-refractivity contribution is 7.99. The van der Waals surface area contributed by atoms with Crippen molar-refractivity contribution in [3.05, 3.63) is 5.82 Å². The molecule has 0 saturated heterocycles. The van der Waals surface area contributed by atoms with Crippen LogP contribution >= 0.6 is 11.8 Å². The summed E-state index contributed by atoms with van der Waals surface area (Å²) >= 11 is 1.49. The second kappa shape index (κ2) is 8.68. The monoisotopic (exact) mass is 339 g/mol. The number of amides is 1. The van der Waals surface area contributed by atoms with Gasteiger partial charge in [-0.15, -0.1) is 10.2 Å². The van der Waals surface area contributed by atoms with Crippen molar-refractivity contribution in [2.75, 3.05) is 19.8 Å². The molecule has 1 aromatic rings. The molecule has 0 radical (unpaired) electrons. The van der Waals surface area contributed by atoms with Crippen LogP contribution in [0.25, 0.3) is 0 Å². The number of carbonyl (C=O) groups is 1. The molecule has 0 aliphatic heterocycles. The maximum atomic E-state index is 11.9. The third-order valence-electron chi connectivity index (χ3n) is 4.06. The molecule has 0 spiro atoms. The number of unbranched alkanes of at least 4 members (excludes halogenated alkanes) is 1. The Morgan fingerprint density at radius 2 is 2.13 bits per heavy atom. The molecule has 1 amide bonds. The molecule has 7 heteroatoms. The van der Waals surface area contributed by atoms with Gasteiger partial charge in [0.05, 0.1) is 11.8 Å². The summed E-state index contributed by atoms with van der Waals surface area (Å²) in [6, 6.07) is 0.670. The zero-order chi connectivity index (χ0) is 16.8. The summed E-state index contributed by atoms with van der Waals surface area (Å²) in [5.41, 5.74) is 0. The molecule has 1 aromatic heterocycles. The Morgan fingerprint density at radius 3 is 2.70 bits per heavy atom. The van der Waals surface area contributed by atoms with E-state index < -0.39 is 0 Å². The molecule has 130 valence electrons. The van der Waals surface area contributed by atoms with Crippen LogP contribution < -0.4 is 5.32 Å². The van der Waals surface area contributed by atoms with E-state index in [9.17, 15) is 4.79 Å². The Kier molecular flexibility index (Phi) is 6.89. The van der Waals surface area contributed by atoms with E-state index in [4.69, 9.17) is 0 Å². The van der Waals surface area contributed by atoms with Crippen LogP contribution in [0.4, 0.5) is 0 Å². The number of hydrogen-bond donors (Lipinski definition) is 1. The number of carbonyl (C=O) groups excluding carboxylic acids is 1. The van der Waals surface area contributed by atoms with E-state index in [1.807, 2.05) is 0 Å². The molecule has 1 N–H and O–H groups in total. The molecule has 0 aromatic carbocycles. The van der Waals surface area contributed by atoms with Crippen molar-refractivity contribution in [3.8, 4) is 0 Å².